The predicted octanol–water partition coefficient (Wildman–Crippen LogP) is 4.34. The van der Waals surface area contributed by atoms with Crippen molar-refractivity contribution in [2.45, 2.75) is 26.4 Å². The normalized spacial score (nSPS) is 14.7. The third-order valence-electron chi connectivity index (χ3n) is 7.47. The SMILES string of the molecule is COc1ccc(-c2cnc3c(c2)c(C)c(C(=O)NC(C)c2ccc(F)cc2)c(=O)n3CCN2CCOCC2)cc1. The van der Waals surface area contributed by atoms with E-state index < -0.39 is 11.9 Å². The molecule has 40 heavy (non-hydrogen) atoms. The van der Waals surface area contributed by atoms with Crippen molar-refractivity contribution in [2.75, 3.05) is 40.0 Å². The number of nitrogens with zero attached hydrogens (tertiary/aromatic N) is 3. The van der Waals surface area contributed by atoms with E-state index in [1.165, 1.54) is 12.1 Å². The Kier molecular flexibility index (Phi) is 8.23. The van der Waals surface area contributed by atoms with Crippen LogP contribution in [-0.4, -0.2) is 60.3 Å². The summed E-state index contributed by atoms with van der Waals surface area (Å²) in [6, 6.07) is 15.2. The fourth-order valence-electron chi connectivity index (χ4n) is 5.06. The van der Waals surface area contributed by atoms with Gasteiger partial charge in [-0.25, -0.2) is 9.37 Å². The van der Waals surface area contributed by atoms with Crippen LogP contribution in [0.1, 0.15) is 34.5 Å². The Morgan fingerprint density at radius 2 is 1.77 bits per heavy atom. The second-order valence-corrected chi connectivity index (χ2v) is 9.98. The lowest BCUT2D eigenvalue weighted by molar-refractivity contribution is 0.0364. The maximum absolute atomic E-state index is 13.9. The number of halogens is 1. The molecule has 4 aromatic rings. The summed E-state index contributed by atoms with van der Waals surface area (Å²) in [6.45, 7) is 7.50. The smallest absolute Gasteiger partial charge is 0.265 e. The van der Waals surface area contributed by atoms with Gasteiger partial charge in [0.15, 0.2) is 0 Å². The highest BCUT2D eigenvalue weighted by atomic mass is 19.1. The number of carbonyl (C=O) groups is 1. The van der Waals surface area contributed by atoms with Crippen molar-refractivity contribution in [3.63, 3.8) is 0 Å². The van der Waals surface area contributed by atoms with Gasteiger partial charge in [-0.3, -0.25) is 19.1 Å². The van der Waals surface area contributed by atoms with Crippen LogP contribution in [0.5, 0.6) is 5.75 Å². The molecule has 208 valence electrons. The quantitative estimate of drug-likeness (QED) is 0.355. The first-order valence-corrected chi connectivity index (χ1v) is 13.4. The van der Waals surface area contributed by atoms with Crippen molar-refractivity contribution >= 4 is 16.9 Å². The lowest BCUT2D eigenvalue weighted by atomic mass is 10.0. The van der Waals surface area contributed by atoms with Gasteiger partial charge in [-0.1, -0.05) is 24.3 Å². The van der Waals surface area contributed by atoms with E-state index in [0.717, 1.165) is 40.9 Å². The molecular formula is C31H33FN4O4. The zero-order valence-electron chi connectivity index (χ0n) is 22.9. The molecule has 2 aromatic heterocycles. The number of carbonyl (C=O) groups excluding carboxylic acids is 1. The van der Waals surface area contributed by atoms with Gasteiger partial charge in [0, 0.05) is 43.3 Å². The van der Waals surface area contributed by atoms with Crippen molar-refractivity contribution in [1.29, 1.82) is 0 Å². The van der Waals surface area contributed by atoms with Gasteiger partial charge in [0.1, 0.15) is 22.8 Å². The number of benzene rings is 2. The van der Waals surface area contributed by atoms with Crippen molar-refractivity contribution in [2.24, 2.45) is 0 Å². The Balaban J connectivity index is 1.56. The third-order valence-corrected chi connectivity index (χ3v) is 7.47. The molecule has 2 aromatic carbocycles. The van der Waals surface area contributed by atoms with E-state index in [1.807, 2.05) is 37.3 Å². The first-order valence-electron chi connectivity index (χ1n) is 13.4. The van der Waals surface area contributed by atoms with Crippen LogP contribution >= 0.6 is 0 Å². The van der Waals surface area contributed by atoms with Crippen molar-refractivity contribution < 1.29 is 18.7 Å². The lowest BCUT2D eigenvalue weighted by Gasteiger charge is -2.27. The van der Waals surface area contributed by atoms with E-state index in [0.29, 0.717) is 37.5 Å². The van der Waals surface area contributed by atoms with Crippen LogP contribution in [0.4, 0.5) is 4.39 Å². The number of methoxy groups -OCH3 is 1. The summed E-state index contributed by atoms with van der Waals surface area (Å²) in [4.78, 5) is 34.4. The summed E-state index contributed by atoms with van der Waals surface area (Å²) in [5, 5.41) is 3.66. The minimum Gasteiger partial charge on any atom is -0.497 e. The largest absolute Gasteiger partial charge is 0.497 e. The number of hydrogen-bond donors (Lipinski definition) is 1. The van der Waals surface area contributed by atoms with Gasteiger partial charge < -0.3 is 14.8 Å². The van der Waals surface area contributed by atoms with Crippen LogP contribution in [0.25, 0.3) is 22.2 Å². The van der Waals surface area contributed by atoms with Gasteiger partial charge in [-0.05, 0) is 60.9 Å². The average molecular weight is 545 g/mol. The second kappa shape index (κ2) is 12.0. The van der Waals surface area contributed by atoms with Crippen molar-refractivity contribution in [1.82, 2.24) is 19.8 Å². The van der Waals surface area contributed by atoms with E-state index >= 15 is 0 Å². The molecule has 0 spiro atoms. The summed E-state index contributed by atoms with van der Waals surface area (Å²) >= 11 is 0. The number of hydrogen-bond acceptors (Lipinski definition) is 6. The number of pyridine rings is 2. The van der Waals surface area contributed by atoms with Gasteiger partial charge in [-0.2, -0.15) is 0 Å². The molecule has 0 aliphatic carbocycles. The Labute approximate surface area is 232 Å². The zero-order valence-corrected chi connectivity index (χ0v) is 22.9. The standard InChI is InChI=1S/C31H33FN4O4/c1-20-27-18-24(23-6-10-26(39-3)11-7-23)19-33-29(27)36(13-12-35-14-16-40-17-15-35)31(38)28(20)30(37)34-21(2)22-4-8-25(32)9-5-22/h4-11,18-19,21H,12-17H2,1-3H3,(H,34,37). The molecule has 8 nitrogen and oxygen atoms in total. The zero-order chi connectivity index (χ0) is 28.2. The minimum absolute atomic E-state index is 0.0807. The molecule has 1 unspecified atom stereocenters. The number of amides is 1. The molecule has 5 rings (SSSR count). The molecule has 3 heterocycles. The Bertz CT molecular complexity index is 1560. The fourth-order valence-corrected chi connectivity index (χ4v) is 5.06. The molecule has 1 N–H and O–H groups in total. The number of fused-ring (bicyclic) bond motifs is 1. The van der Waals surface area contributed by atoms with Gasteiger partial charge >= 0.3 is 0 Å². The van der Waals surface area contributed by atoms with E-state index in [2.05, 4.69) is 10.2 Å². The molecule has 1 atom stereocenters. The maximum Gasteiger partial charge on any atom is 0.265 e. The first kappa shape index (κ1) is 27.5. The Hall–Kier alpha value is -4.08. The summed E-state index contributed by atoms with van der Waals surface area (Å²) in [7, 11) is 1.62. The molecule has 1 saturated heterocycles. The van der Waals surface area contributed by atoms with Gasteiger partial charge in [0.05, 0.1) is 26.4 Å². The van der Waals surface area contributed by atoms with Crippen LogP contribution in [-0.2, 0) is 11.3 Å². The van der Waals surface area contributed by atoms with Crippen LogP contribution in [0.3, 0.4) is 0 Å². The van der Waals surface area contributed by atoms with Gasteiger partial charge in [-0.15, -0.1) is 0 Å². The van der Waals surface area contributed by atoms with Gasteiger partial charge in [0.25, 0.3) is 11.5 Å². The molecule has 0 bridgehead atoms. The number of aryl methyl sites for hydroxylation is 1. The fraction of sp³-hybridized carbons (Fsp3) is 0.323. The van der Waals surface area contributed by atoms with E-state index in [4.69, 9.17) is 14.5 Å². The molecule has 1 fully saturated rings. The topological polar surface area (TPSA) is 85.7 Å². The molecule has 1 aliphatic heterocycles. The molecule has 1 aliphatic rings. The average Bonchev–Trinajstić information content (AvgIpc) is 2.98. The van der Waals surface area contributed by atoms with Crippen LogP contribution in [0.15, 0.2) is 65.6 Å². The van der Waals surface area contributed by atoms with Crippen LogP contribution in [0.2, 0.25) is 0 Å². The van der Waals surface area contributed by atoms with E-state index in [1.54, 1.807) is 36.9 Å². The second-order valence-electron chi connectivity index (χ2n) is 9.98. The van der Waals surface area contributed by atoms with E-state index in [9.17, 15) is 14.0 Å². The third kappa shape index (κ3) is 5.76. The number of ether oxygens (including phenoxy) is 2. The lowest BCUT2D eigenvalue weighted by Crippen LogP contribution is -2.41. The summed E-state index contributed by atoms with van der Waals surface area (Å²) in [5.74, 6) is -0.0768. The number of aromatic nitrogens is 2. The van der Waals surface area contributed by atoms with Crippen LogP contribution < -0.4 is 15.6 Å². The first-order chi connectivity index (χ1) is 19.4. The summed E-state index contributed by atoms with van der Waals surface area (Å²) in [5.41, 5.74) is 3.35. The van der Waals surface area contributed by atoms with Crippen molar-refractivity contribution in [3.8, 4) is 16.9 Å². The molecule has 0 radical (unpaired) electrons. The molecule has 1 amide bonds. The molecule has 0 saturated carbocycles. The van der Waals surface area contributed by atoms with E-state index in [-0.39, 0.29) is 16.9 Å². The molecular weight excluding hydrogens is 511 g/mol. The predicted molar refractivity (Wildman–Crippen MR) is 152 cm³/mol. The summed E-state index contributed by atoms with van der Waals surface area (Å²) in [6.07, 6.45) is 1.75. The number of nitrogens with one attached hydrogen (secondary N) is 1. The highest BCUT2D eigenvalue weighted by molar-refractivity contribution is 6.00. The van der Waals surface area contributed by atoms with Crippen LogP contribution in [0, 0.1) is 12.7 Å². The highest BCUT2D eigenvalue weighted by Crippen LogP contribution is 2.27. The monoisotopic (exact) mass is 544 g/mol. The number of morpholine rings is 1. The Morgan fingerprint density at radius 1 is 1.07 bits per heavy atom. The van der Waals surface area contributed by atoms with Crippen molar-refractivity contribution in [3.05, 3.63) is 93.7 Å². The summed E-state index contributed by atoms with van der Waals surface area (Å²) < 4.78 is 25.8. The maximum atomic E-state index is 13.9. The highest BCUT2D eigenvalue weighted by Gasteiger charge is 2.23. The Morgan fingerprint density at radius 3 is 2.45 bits per heavy atom. The number of rotatable bonds is 8. The molecule has 9 heteroatoms. The van der Waals surface area contributed by atoms with Gasteiger partial charge in [0.2, 0.25) is 0 Å². The minimum atomic E-state index is -0.476.